The van der Waals surface area contributed by atoms with Crippen LogP contribution in [0.3, 0.4) is 0 Å². The van der Waals surface area contributed by atoms with Crippen molar-refractivity contribution in [2.75, 3.05) is 5.75 Å². The van der Waals surface area contributed by atoms with E-state index in [2.05, 4.69) is 22.1 Å². The molecule has 5 nitrogen and oxygen atoms in total. The zero-order valence-corrected chi connectivity index (χ0v) is 11.7. The first-order valence-electron chi connectivity index (χ1n) is 5.64. The van der Waals surface area contributed by atoms with Crippen molar-refractivity contribution < 1.29 is 5.11 Å². The van der Waals surface area contributed by atoms with Gasteiger partial charge in [-0.1, -0.05) is 41.6 Å². The van der Waals surface area contributed by atoms with Crippen LogP contribution in [0.1, 0.15) is 11.7 Å². The number of thioether (sulfide) groups is 1. The number of allylic oxidation sites excluding steroid dienone is 1. The molecule has 2 rings (SSSR count). The van der Waals surface area contributed by atoms with E-state index in [1.165, 1.54) is 11.8 Å². The number of benzene rings is 1. The highest BCUT2D eigenvalue weighted by Gasteiger charge is 2.11. The molecule has 1 aromatic heterocycles. The summed E-state index contributed by atoms with van der Waals surface area (Å²) in [5.74, 6) is 0.471. The average molecular weight is 297 g/mol. The minimum atomic E-state index is -0.587. The minimum Gasteiger partial charge on any atom is -0.388 e. The highest BCUT2D eigenvalue weighted by Crippen LogP contribution is 2.23. The topological polar surface area (TPSA) is 63.8 Å². The number of aromatic nitrogens is 4. The lowest BCUT2D eigenvalue weighted by Gasteiger charge is -2.10. The minimum absolute atomic E-state index is 0.471. The third-order valence-electron chi connectivity index (χ3n) is 2.43. The molecule has 19 heavy (non-hydrogen) atoms. The predicted octanol–water partition coefficient (Wildman–Crippen LogP) is 2.34. The number of hydrogen-bond donors (Lipinski definition) is 1. The Bertz CT molecular complexity index is 543. The van der Waals surface area contributed by atoms with E-state index in [0.29, 0.717) is 22.5 Å². The lowest BCUT2D eigenvalue weighted by atomic mass is 10.1. The highest BCUT2D eigenvalue weighted by molar-refractivity contribution is 7.99. The van der Waals surface area contributed by atoms with E-state index in [1.54, 1.807) is 35.0 Å². The fraction of sp³-hybridized carbons (Fsp3) is 0.250. The van der Waals surface area contributed by atoms with E-state index in [0.717, 1.165) is 5.56 Å². The second-order valence-electron chi connectivity index (χ2n) is 3.81. The molecule has 2 aromatic rings. The van der Waals surface area contributed by atoms with Gasteiger partial charge in [0.25, 0.3) is 0 Å². The van der Waals surface area contributed by atoms with Gasteiger partial charge in [0.1, 0.15) is 0 Å². The first-order valence-corrected chi connectivity index (χ1v) is 7.00. The normalized spacial score (nSPS) is 12.3. The summed E-state index contributed by atoms with van der Waals surface area (Å²) in [6.07, 6.45) is 1.13. The number of rotatable bonds is 6. The summed E-state index contributed by atoms with van der Waals surface area (Å²) in [6.45, 7) is 4.19. The zero-order chi connectivity index (χ0) is 13.7. The second-order valence-corrected chi connectivity index (χ2v) is 5.23. The lowest BCUT2D eigenvalue weighted by Crippen LogP contribution is -2.04. The highest BCUT2D eigenvalue weighted by atomic mass is 35.5. The smallest absolute Gasteiger partial charge is 0.209 e. The van der Waals surface area contributed by atoms with E-state index in [1.807, 2.05) is 0 Å². The summed E-state index contributed by atoms with van der Waals surface area (Å²) in [5, 5.41) is 22.7. The molecule has 7 heteroatoms. The molecular weight excluding hydrogens is 284 g/mol. The van der Waals surface area contributed by atoms with E-state index >= 15 is 0 Å². The van der Waals surface area contributed by atoms with Gasteiger partial charge in [0.2, 0.25) is 5.16 Å². The monoisotopic (exact) mass is 296 g/mol. The summed E-state index contributed by atoms with van der Waals surface area (Å²) in [6, 6.07) is 7.12. The fourth-order valence-electron chi connectivity index (χ4n) is 1.47. The molecule has 1 aromatic carbocycles. The third-order valence-corrected chi connectivity index (χ3v) is 3.71. The molecule has 0 aliphatic carbocycles. The number of nitrogens with zero attached hydrogens (tertiary/aromatic N) is 4. The molecule has 0 saturated carbocycles. The van der Waals surface area contributed by atoms with Crippen molar-refractivity contribution in [2.45, 2.75) is 17.8 Å². The van der Waals surface area contributed by atoms with Crippen molar-refractivity contribution in [1.82, 2.24) is 20.2 Å². The number of hydrogen-bond acceptors (Lipinski definition) is 5. The van der Waals surface area contributed by atoms with Crippen LogP contribution < -0.4 is 0 Å². The van der Waals surface area contributed by atoms with E-state index in [-0.39, 0.29) is 0 Å². The molecular formula is C12H13ClN4OS. The number of tetrazole rings is 1. The van der Waals surface area contributed by atoms with Crippen LogP contribution in [0.25, 0.3) is 0 Å². The van der Waals surface area contributed by atoms with Crippen LogP contribution in [-0.4, -0.2) is 31.1 Å². The van der Waals surface area contributed by atoms with Gasteiger partial charge in [0.05, 0.1) is 12.6 Å². The molecule has 0 aliphatic heterocycles. The maximum atomic E-state index is 10.1. The van der Waals surface area contributed by atoms with E-state index in [4.69, 9.17) is 11.6 Å². The molecule has 1 N–H and O–H groups in total. The van der Waals surface area contributed by atoms with Crippen LogP contribution >= 0.6 is 23.4 Å². The Labute approximate surface area is 120 Å². The van der Waals surface area contributed by atoms with Crippen LogP contribution in [-0.2, 0) is 6.54 Å². The van der Waals surface area contributed by atoms with Crippen molar-refractivity contribution in [1.29, 1.82) is 0 Å². The van der Waals surface area contributed by atoms with Gasteiger partial charge in [-0.05, 0) is 28.1 Å². The van der Waals surface area contributed by atoms with Gasteiger partial charge >= 0.3 is 0 Å². The Kier molecular flexibility index (Phi) is 4.95. The van der Waals surface area contributed by atoms with Crippen LogP contribution in [0, 0.1) is 0 Å². The molecule has 100 valence electrons. The van der Waals surface area contributed by atoms with Crippen molar-refractivity contribution in [2.24, 2.45) is 0 Å². The molecule has 0 spiro atoms. The maximum absolute atomic E-state index is 10.1. The van der Waals surface area contributed by atoms with Gasteiger partial charge in [-0.15, -0.1) is 11.7 Å². The van der Waals surface area contributed by atoms with Gasteiger partial charge in [-0.25, -0.2) is 4.68 Å². The zero-order valence-electron chi connectivity index (χ0n) is 10.1. The van der Waals surface area contributed by atoms with Crippen molar-refractivity contribution >= 4 is 23.4 Å². The fourth-order valence-corrected chi connectivity index (χ4v) is 2.45. The summed E-state index contributed by atoms with van der Waals surface area (Å²) >= 11 is 7.20. The predicted molar refractivity (Wildman–Crippen MR) is 75.1 cm³/mol. The van der Waals surface area contributed by atoms with Crippen LogP contribution in [0.4, 0.5) is 0 Å². The molecule has 0 bridgehead atoms. The molecule has 0 radical (unpaired) electrons. The molecule has 0 saturated heterocycles. The Morgan fingerprint density at radius 2 is 2.16 bits per heavy atom. The van der Waals surface area contributed by atoms with Gasteiger partial charge in [-0.3, -0.25) is 0 Å². The Morgan fingerprint density at radius 3 is 2.84 bits per heavy atom. The average Bonchev–Trinajstić information content (AvgIpc) is 2.85. The van der Waals surface area contributed by atoms with Gasteiger partial charge in [0, 0.05) is 10.8 Å². The number of aliphatic hydroxyl groups is 1. The molecule has 1 heterocycles. The van der Waals surface area contributed by atoms with E-state index in [9.17, 15) is 5.11 Å². The van der Waals surface area contributed by atoms with Crippen molar-refractivity contribution in [3.05, 3.63) is 47.5 Å². The molecule has 0 fully saturated rings. The lowest BCUT2D eigenvalue weighted by molar-refractivity contribution is 0.204. The molecule has 0 aliphatic rings. The first kappa shape index (κ1) is 14.0. The molecule has 1 unspecified atom stereocenters. The third kappa shape index (κ3) is 3.79. The van der Waals surface area contributed by atoms with E-state index < -0.39 is 6.10 Å². The van der Waals surface area contributed by atoms with Gasteiger partial charge in [0.15, 0.2) is 0 Å². The van der Waals surface area contributed by atoms with Crippen LogP contribution in [0.15, 0.2) is 42.1 Å². The standard InChI is InChI=1S/C12H13ClN4OS/c1-2-7-17-12(14-15-16-17)19-8-11(18)9-3-5-10(13)6-4-9/h2-6,11,18H,1,7-8H2. The van der Waals surface area contributed by atoms with Gasteiger partial charge in [-0.2, -0.15) is 0 Å². The summed E-state index contributed by atoms with van der Waals surface area (Å²) in [4.78, 5) is 0. The Morgan fingerprint density at radius 1 is 1.42 bits per heavy atom. The van der Waals surface area contributed by atoms with Gasteiger partial charge < -0.3 is 5.11 Å². The van der Waals surface area contributed by atoms with Crippen LogP contribution in [0.5, 0.6) is 0 Å². The number of aliphatic hydroxyl groups excluding tert-OH is 1. The summed E-state index contributed by atoms with van der Waals surface area (Å²) in [7, 11) is 0. The first-order chi connectivity index (χ1) is 9.20. The van der Waals surface area contributed by atoms with Crippen LogP contribution in [0.2, 0.25) is 5.02 Å². The Hall–Kier alpha value is -1.37. The quantitative estimate of drug-likeness (QED) is 0.655. The second kappa shape index (κ2) is 6.70. The Balaban J connectivity index is 1.96. The summed E-state index contributed by atoms with van der Waals surface area (Å²) in [5.41, 5.74) is 0.819. The summed E-state index contributed by atoms with van der Waals surface area (Å²) < 4.78 is 1.63. The SMILES string of the molecule is C=CCn1nnnc1SCC(O)c1ccc(Cl)cc1. The van der Waals surface area contributed by atoms with Crippen molar-refractivity contribution in [3.63, 3.8) is 0 Å². The maximum Gasteiger partial charge on any atom is 0.209 e. The largest absolute Gasteiger partial charge is 0.388 e. The number of halogens is 1. The molecule has 0 amide bonds. The molecule has 1 atom stereocenters. The van der Waals surface area contributed by atoms with Crippen molar-refractivity contribution in [3.8, 4) is 0 Å².